The van der Waals surface area contributed by atoms with Crippen molar-refractivity contribution in [2.45, 2.75) is 32.3 Å². The molecule has 0 bridgehead atoms. The van der Waals surface area contributed by atoms with Crippen molar-refractivity contribution in [2.75, 3.05) is 13.7 Å². The zero-order chi connectivity index (χ0) is 26.5. The quantitative estimate of drug-likeness (QED) is 0.182. The number of rotatable bonds is 11. The largest absolute Gasteiger partial charge is 0.488 e. The lowest BCUT2D eigenvalue weighted by Gasteiger charge is -2.16. The Morgan fingerprint density at radius 2 is 1.82 bits per heavy atom. The minimum atomic E-state index is -0.151. The van der Waals surface area contributed by atoms with Gasteiger partial charge in [-0.1, -0.05) is 13.0 Å². The van der Waals surface area contributed by atoms with E-state index in [0.717, 1.165) is 11.1 Å². The SMILES string of the molecule is COC[C@H](C)Oc1cc(Oc2ccc(C(=O)CC(C)c3cccs3)cc2)cc(-c2nc3ncccc3[nH]2)c1. The second-order valence-electron chi connectivity index (χ2n) is 9.21. The van der Waals surface area contributed by atoms with Crippen molar-refractivity contribution >= 4 is 28.3 Å². The summed E-state index contributed by atoms with van der Waals surface area (Å²) in [6, 6.07) is 20.8. The molecule has 2 atom stereocenters. The number of aromatic amines is 1. The van der Waals surface area contributed by atoms with E-state index in [0.29, 0.717) is 47.3 Å². The number of Topliss-reactive ketones (excluding diaryl/α,β-unsaturated/α-hetero) is 1. The van der Waals surface area contributed by atoms with Gasteiger partial charge in [0.25, 0.3) is 0 Å². The lowest BCUT2D eigenvalue weighted by atomic mass is 9.98. The smallest absolute Gasteiger partial charge is 0.178 e. The standard InChI is InChI=1S/C30H29N3O4S/c1-19(28-7-5-13-38-28)14-27(34)21-8-10-23(11-9-21)37-25-16-22(15-24(17-25)36-20(2)18-35-3)29-32-26-6-4-12-31-30(26)33-29/h4-13,15-17,19-20H,14,18H2,1-3H3,(H,31,32,33)/t19?,20-/m0/s1. The number of ether oxygens (including phenoxy) is 3. The number of thiophene rings is 1. The van der Waals surface area contributed by atoms with E-state index >= 15 is 0 Å². The van der Waals surface area contributed by atoms with Gasteiger partial charge < -0.3 is 19.2 Å². The first kappa shape index (κ1) is 25.6. The van der Waals surface area contributed by atoms with Crippen LogP contribution in [-0.4, -0.2) is 40.6 Å². The van der Waals surface area contributed by atoms with Gasteiger partial charge in [-0.2, -0.15) is 0 Å². The average molecular weight is 528 g/mol. The van der Waals surface area contributed by atoms with Gasteiger partial charge in [0.2, 0.25) is 0 Å². The molecule has 0 amide bonds. The Morgan fingerprint density at radius 3 is 2.55 bits per heavy atom. The maximum Gasteiger partial charge on any atom is 0.178 e. The molecule has 0 aliphatic rings. The van der Waals surface area contributed by atoms with Gasteiger partial charge in [0.1, 0.15) is 29.2 Å². The van der Waals surface area contributed by atoms with Crippen LogP contribution in [0.2, 0.25) is 0 Å². The van der Waals surface area contributed by atoms with E-state index in [1.807, 2.05) is 73.0 Å². The summed E-state index contributed by atoms with van der Waals surface area (Å²) in [5, 5.41) is 2.04. The van der Waals surface area contributed by atoms with Crippen LogP contribution >= 0.6 is 11.3 Å². The minimum Gasteiger partial charge on any atom is -0.488 e. The number of H-pyrrole nitrogens is 1. The molecule has 0 aliphatic carbocycles. The van der Waals surface area contributed by atoms with Crippen LogP contribution in [0.4, 0.5) is 0 Å². The highest BCUT2D eigenvalue weighted by molar-refractivity contribution is 7.10. The van der Waals surface area contributed by atoms with E-state index in [1.54, 1.807) is 24.6 Å². The van der Waals surface area contributed by atoms with Crippen LogP contribution < -0.4 is 9.47 Å². The number of methoxy groups -OCH3 is 1. The van der Waals surface area contributed by atoms with Gasteiger partial charge in [-0.3, -0.25) is 4.79 Å². The maximum atomic E-state index is 12.8. The molecule has 7 nitrogen and oxygen atoms in total. The number of nitrogens with zero attached hydrogens (tertiary/aromatic N) is 2. The number of hydrogen-bond donors (Lipinski definition) is 1. The molecule has 0 saturated carbocycles. The normalized spacial score (nSPS) is 12.8. The van der Waals surface area contributed by atoms with Gasteiger partial charge in [-0.05, 0) is 72.8 Å². The Bertz CT molecular complexity index is 1480. The first-order valence-corrected chi connectivity index (χ1v) is 13.3. The lowest BCUT2D eigenvalue weighted by Crippen LogP contribution is -2.17. The molecule has 2 aromatic carbocycles. The van der Waals surface area contributed by atoms with Crippen LogP contribution in [0, 0.1) is 0 Å². The number of ketones is 1. The van der Waals surface area contributed by atoms with E-state index in [2.05, 4.69) is 27.9 Å². The van der Waals surface area contributed by atoms with Crippen LogP contribution in [-0.2, 0) is 4.74 Å². The number of carbonyl (C=O) groups is 1. The van der Waals surface area contributed by atoms with Gasteiger partial charge in [0.15, 0.2) is 11.4 Å². The third-order valence-electron chi connectivity index (χ3n) is 6.08. The molecule has 8 heteroatoms. The average Bonchev–Trinajstić information content (AvgIpc) is 3.60. The number of pyridine rings is 1. The van der Waals surface area contributed by atoms with Crippen molar-refractivity contribution in [1.29, 1.82) is 0 Å². The van der Waals surface area contributed by atoms with Crippen LogP contribution in [0.1, 0.15) is 41.4 Å². The highest BCUT2D eigenvalue weighted by Gasteiger charge is 2.15. The van der Waals surface area contributed by atoms with Crippen LogP contribution in [0.15, 0.2) is 78.3 Å². The number of fused-ring (bicyclic) bond motifs is 1. The Hall–Kier alpha value is -4.01. The molecule has 1 unspecified atom stereocenters. The number of carbonyl (C=O) groups excluding carboxylic acids is 1. The molecule has 5 rings (SSSR count). The van der Waals surface area contributed by atoms with E-state index in [9.17, 15) is 4.79 Å². The third-order valence-corrected chi connectivity index (χ3v) is 7.19. The fourth-order valence-corrected chi connectivity index (χ4v) is 5.02. The fourth-order valence-electron chi connectivity index (χ4n) is 4.23. The molecule has 0 fully saturated rings. The van der Waals surface area contributed by atoms with Crippen LogP contribution in [0.3, 0.4) is 0 Å². The molecular formula is C30H29N3O4S. The molecule has 38 heavy (non-hydrogen) atoms. The Balaban J connectivity index is 1.36. The molecule has 0 aliphatic heterocycles. The summed E-state index contributed by atoms with van der Waals surface area (Å²) >= 11 is 1.68. The molecule has 1 N–H and O–H groups in total. The number of imidazole rings is 1. The molecular weight excluding hydrogens is 498 g/mol. The van der Waals surface area contributed by atoms with Crippen molar-refractivity contribution in [2.24, 2.45) is 0 Å². The summed E-state index contributed by atoms with van der Waals surface area (Å²) in [4.78, 5) is 26.3. The monoisotopic (exact) mass is 527 g/mol. The number of nitrogens with one attached hydrogen (secondary N) is 1. The Kier molecular flexibility index (Phi) is 7.81. The molecule has 3 heterocycles. The second kappa shape index (κ2) is 11.6. The zero-order valence-corrected chi connectivity index (χ0v) is 22.3. The summed E-state index contributed by atoms with van der Waals surface area (Å²) in [7, 11) is 1.64. The minimum absolute atomic E-state index is 0.112. The van der Waals surface area contributed by atoms with E-state index in [4.69, 9.17) is 14.2 Å². The highest BCUT2D eigenvalue weighted by atomic mass is 32.1. The summed E-state index contributed by atoms with van der Waals surface area (Å²) in [5.74, 6) is 2.79. The van der Waals surface area contributed by atoms with E-state index in [-0.39, 0.29) is 17.8 Å². The van der Waals surface area contributed by atoms with Crippen molar-refractivity contribution in [3.63, 3.8) is 0 Å². The predicted molar refractivity (Wildman–Crippen MR) is 149 cm³/mol. The molecule has 0 spiro atoms. The van der Waals surface area contributed by atoms with Crippen molar-refractivity contribution in [3.8, 4) is 28.6 Å². The third kappa shape index (κ3) is 6.10. The first-order chi connectivity index (χ1) is 18.5. The van der Waals surface area contributed by atoms with E-state index < -0.39 is 0 Å². The molecule has 194 valence electrons. The molecule has 0 radical (unpaired) electrons. The Morgan fingerprint density at radius 1 is 1.00 bits per heavy atom. The van der Waals surface area contributed by atoms with Crippen LogP contribution in [0.5, 0.6) is 17.2 Å². The van der Waals surface area contributed by atoms with Gasteiger partial charge in [0, 0.05) is 41.8 Å². The maximum absolute atomic E-state index is 12.8. The number of benzene rings is 2. The van der Waals surface area contributed by atoms with Gasteiger partial charge in [-0.25, -0.2) is 9.97 Å². The van der Waals surface area contributed by atoms with Gasteiger partial charge in [-0.15, -0.1) is 11.3 Å². The topological polar surface area (TPSA) is 86.3 Å². The van der Waals surface area contributed by atoms with Crippen molar-refractivity contribution in [3.05, 3.63) is 88.7 Å². The first-order valence-electron chi connectivity index (χ1n) is 12.4. The summed E-state index contributed by atoms with van der Waals surface area (Å²) in [6.07, 6.45) is 2.03. The summed E-state index contributed by atoms with van der Waals surface area (Å²) < 4.78 is 17.5. The summed E-state index contributed by atoms with van der Waals surface area (Å²) in [5.41, 5.74) is 2.95. The molecule has 5 aromatic rings. The highest BCUT2D eigenvalue weighted by Crippen LogP contribution is 2.33. The van der Waals surface area contributed by atoms with Gasteiger partial charge >= 0.3 is 0 Å². The summed E-state index contributed by atoms with van der Waals surface area (Å²) in [6.45, 7) is 4.48. The van der Waals surface area contributed by atoms with E-state index in [1.165, 1.54) is 4.88 Å². The van der Waals surface area contributed by atoms with Crippen molar-refractivity contribution < 1.29 is 19.0 Å². The number of hydrogen-bond acceptors (Lipinski definition) is 7. The fraction of sp³-hybridized carbons (Fsp3) is 0.233. The lowest BCUT2D eigenvalue weighted by molar-refractivity contribution is 0.0920. The predicted octanol–water partition coefficient (Wildman–Crippen LogP) is 7.27. The molecule has 3 aromatic heterocycles. The Labute approximate surface area is 225 Å². The van der Waals surface area contributed by atoms with Crippen LogP contribution in [0.25, 0.3) is 22.6 Å². The van der Waals surface area contributed by atoms with Crippen molar-refractivity contribution in [1.82, 2.24) is 15.0 Å². The second-order valence-corrected chi connectivity index (χ2v) is 10.2. The van der Waals surface area contributed by atoms with Gasteiger partial charge in [0.05, 0.1) is 12.1 Å². The number of aromatic nitrogens is 3. The molecule has 0 saturated heterocycles. The zero-order valence-electron chi connectivity index (χ0n) is 21.5.